The van der Waals surface area contributed by atoms with Crippen molar-refractivity contribution in [2.75, 3.05) is 6.54 Å². The predicted octanol–water partition coefficient (Wildman–Crippen LogP) is 2.03. The standard InChI is InChI=1S/C14H17NO4S/c1-9-10(14(18)19)6-7-15(9)13(17)5-4-11(16)12-3-2-8-20-12/h2-3,8-10H,4-7H2,1H3,(H,18,19). The molecule has 0 saturated carbocycles. The number of ketones is 1. The van der Waals surface area contributed by atoms with E-state index in [9.17, 15) is 14.4 Å². The van der Waals surface area contributed by atoms with E-state index in [2.05, 4.69) is 0 Å². The highest BCUT2D eigenvalue weighted by Crippen LogP contribution is 2.25. The van der Waals surface area contributed by atoms with Crippen molar-refractivity contribution in [1.82, 2.24) is 4.90 Å². The number of amides is 1. The zero-order chi connectivity index (χ0) is 14.7. The van der Waals surface area contributed by atoms with E-state index in [0.717, 1.165) is 0 Å². The van der Waals surface area contributed by atoms with Crippen LogP contribution in [0.15, 0.2) is 17.5 Å². The van der Waals surface area contributed by atoms with Crippen LogP contribution in [0, 0.1) is 5.92 Å². The molecule has 1 fully saturated rings. The van der Waals surface area contributed by atoms with E-state index in [1.165, 1.54) is 11.3 Å². The SMILES string of the molecule is CC1C(C(=O)O)CCN1C(=O)CCC(=O)c1cccs1. The van der Waals surface area contributed by atoms with Gasteiger partial charge in [0.15, 0.2) is 5.78 Å². The Kier molecular flexibility index (Phi) is 4.54. The summed E-state index contributed by atoms with van der Waals surface area (Å²) in [5, 5.41) is 10.9. The van der Waals surface area contributed by atoms with Crippen LogP contribution in [-0.4, -0.2) is 40.3 Å². The van der Waals surface area contributed by atoms with Gasteiger partial charge in [0.2, 0.25) is 5.91 Å². The van der Waals surface area contributed by atoms with E-state index >= 15 is 0 Å². The van der Waals surface area contributed by atoms with E-state index in [1.54, 1.807) is 24.0 Å². The van der Waals surface area contributed by atoms with Gasteiger partial charge in [-0.2, -0.15) is 0 Å². The van der Waals surface area contributed by atoms with Crippen LogP contribution in [-0.2, 0) is 9.59 Å². The molecule has 0 bridgehead atoms. The summed E-state index contributed by atoms with van der Waals surface area (Å²) in [6.07, 6.45) is 0.814. The van der Waals surface area contributed by atoms with Gasteiger partial charge in [-0.1, -0.05) is 6.07 Å². The molecule has 2 rings (SSSR count). The second-order valence-electron chi connectivity index (χ2n) is 4.96. The molecule has 2 heterocycles. The minimum atomic E-state index is -0.859. The highest BCUT2D eigenvalue weighted by molar-refractivity contribution is 7.12. The van der Waals surface area contributed by atoms with Crippen LogP contribution in [0.2, 0.25) is 0 Å². The Labute approximate surface area is 121 Å². The first-order valence-corrected chi connectivity index (χ1v) is 7.47. The lowest BCUT2D eigenvalue weighted by molar-refractivity contribution is -0.143. The van der Waals surface area contributed by atoms with E-state index < -0.39 is 11.9 Å². The Morgan fingerprint density at radius 2 is 2.15 bits per heavy atom. The molecule has 20 heavy (non-hydrogen) atoms. The van der Waals surface area contributed by atoms with Crippen molar-refractivity contribution in [2.45, 2.75) is 32.2 Å². The molecule has 108 valence electrons. The third-order valence-electron chi connectivity index (χ3n) is 3.75. The Morgan fingerprint density at radius 3 is 2.70 bits per heavy atom. The van der Waals surface area contributed by atoms with Gasteiger partial charge in [-0.3, -0.25) is 14.4 Å². The normalized spacial score (nSPS) is 21.9. The number of Topliss-reactive ketones (excluding diaryl/α,β-unsaturated/α-hetero) is 1. The molecule has 6 heteroatoms. The van der Waals surface area contributed by atoms with Crippen molar-refractivity contribution in [3.8, 4) is 0 Å². The van der Waals surface area contributed by atoms with Gasteiger partial charge in [-0.25, -0.2) is 0 Å². The molecule has 5 nitrogen and oxygen atoms in total. The van der Waals surface area contributed by atoms with Crippen LogP contribution in [0.5, 0.6) is 0 Å². The molecule has 0 radical (unpaired) electrons. The fourth-order valence-corrected chi connectivity index (χ4v) is 3.24. The number of carboxylic acid groups (broad SMARTS) is 1. The lowest BCUT2D eigenvalue weighted by Crippen LogP contribution is -2.37. The Balaban J connectivity index is 1.87. The van der Waals surface area contributed by atoms with E-state index in [0.29, 0.717) is 17.8 Å². The summed E-state index contributed by atoms with van der Waals surface area (Å²) in [4.78, 5) is 37.2. The Bertz CT molecular complexity index is 511. The largest absolute Gasteiger partial charge is 0.481 e. The number of rotatable bonds is 5. The summed E-state index contributed by atoms with van der Waals surface area (Å²) >= 11 is 1.37. The smallest absolute Gasteiger partial charge is 0.308 e. The molecule has 2 atom stereocenters. The molecule has 0 aliphatic carbocycles. The topological polar surface area (TPSA) is 74.7 Å². The first kappa shape index (κ1) is 14.7. The number of hydrogen-bond acceptors (Lipinski definition) is 4. The molecule has 1 aliphatic heterocycles. The number of likely N-dealkylation sites (tertiary alicyclic amines) is 1. The number of aliphatic carboxylic acids is 1. The molecule has 2 unspecified atom stereocenters. The summed E-state index contributed by atoms with van der Waals surface area (Å²) in [6, 6.07) is 3.26. The van der Waals surface area contributed by atoms with Gasteiger partial charge >= 0.3 is 5.97 Å². The molecule has 0 spiro atoms. The summed E-state index contributed by atoms with van der Waals surface area (Å²) in [7, 11) is 0. The third-order valence-corrected chi connectivity index (χ3v) is 4.67. The summed E-state index contributed by atoms with van der Waals surface area (Å²) in [6.45, 7) is 2.22. The minimum Gasteiger partial charge on any atom is -0.481 e. The number of thiophene rings is 1. The highest BCUT2D eigenvalue weighted by Gasteiger charge is 2.37. The van der Waals surface area contributed by atoms with Crippen LogP contribution in [0.4, 0.5) is 0 Å². The Hall–Kier alpha value is -1.69. The van der Waals surface area contributed by atoms with E-state index in [4.69, 9.17) is 5.11 Å². The highest BCUT2D eigenvalue weighted by atomic mass is 32.1. The fraction of sp³-hybridized carbons (Fsp3) is 0.500. The van der Waals surface area contributed by atoms with Gasteiger partial charge in [0, 0.05) is 25.4 Å². The number of carbonyl (C=O) groups excluding carboxylic acids is 2. The van der Waals surface area contributed by atoms with Gasteiger partial charge in [-0.05, 0) is 24.8 Å². The van der Waals surface area contributed by atoms with Crippen LogP contribution >= 0.6 is 11.3 Å². The number of hydrogen-bond donors (Lipinski definition) is 1. The van der Waals surface area contributed by atoms with Crippen LogP contribution in [0.3, 0.4) is 0 Å². The maximum absolute atomic E-state index is 12.1. The molecule has 1 aromatic rings. The zero-order valence-corrected chi connectivity index (χ0v) is 12.1. The molecule has 1 saturated heterocycles. The van der Waals surface area contributed by atoms with Crippen LogP contribution in [0.1, 0.15) is 35.9 Å². The van der Waals surface area contributed by atoms with E-state index in [1.807, 2.05) is 5.38 Å². The van der Waals surface area contributed by atoms with Crippen molar-refractivity contribution in [2.24, 2.45) is 5.92 Å². The third kappa shape index (κ3) is 3.07. The van der Waals surface area contributed by atoms with Crippen LogP contribution in [0.25, 0.3) is 0 Å². The molecule has 1 amide bonds. The van der Waals surface area contributed by atoms with Crippen molar-refractivity contribution < 1.29 is 19.5 Å². The van der Waals surface area contributed by atoms with Gasteiger partial charge in [-0.15, -0.1) is 11.3 Å². The van der Waals surface area contributed by atoms with Crippen molar-refractivity contribution >= 4 is 29.0 Å². The molecule has 1 N–H and O–H groups in total. The molecular formula is C14H17NO4S. The second-order valence-corrected chi connectivity index (χ2v) is 5.91. The number of nitrogens with zero attached hydrogens (tertiary/aromatic N) is 1. The maximum Gasteiger partial charge on any atom is 0.308 e. The van der Waals surface area contributed by atoms with Gasteiger partial charge in [0.05, 0.1) is 10.8 Å². The van der Waals surface area contributed by atoms with Crippen molar-refractivity contribution in [1.29, 1.82) is 0 Å². The lowest BCUT2D eigenvalue weighted by atomic mass is 10.0. The predicted molar refractivity (Wildman–Crippen MR) is 74.8 cm³/mol. The van der Waals surface area contributed by atoms with Gasteiger partial charge in [0.25, 0.3) is 0 Å². The quantitative estimate of drug-likeness (QED) is 0.843. The maximum atomic E-state index is 12.1. The number of carbonyl (C=O) groups is 3. The lowest BCUT2D eigenvalue weighted by Gasteiger charge is -2.23. The monoisotopic (exact) mass is 295 g/mol. The van der Waals surface area contributed by atoms with Gasteiger partial charge < -0.3 is 10.0 Å². The molecule has 0 aromatic carbocycles. The first-order valence-electron chi connectivity index (χ1n) is 6.59. The Morgan fingerprint density at radius 1 is 1.40 bits per heavy atom. The second kappa shape index (κ2) is 6.17. The van der Waals surface area contributed by atoms with E-state index in [-0.39, 0.29) is 30.6 Å². The fourth-order valence-electron chi connectivity index (χ4n) is 2.55. The molecule has 1 aromatic heterocycles. The average molecular weight is 295 g/mol. The summed E-state index contributed by atoms with van der Waals surface area (Å²) in [5.41, 5.74) is 0. The van der Waals surface area contributed by atoms with Crippen molar-refractivity contribution in [3.05, 3.63) is 22.4 Å². The molecule has 1 aliphatic rings. The molecular weight excluding hydrogens is 278 g/mol. The summed E-state index contributed by atoms with van der Waals surface area (Å²) in [5.74, 6) is -1.52. The minimum absolute atomic E-state index is 0.0324. The first-order chi connectivity index (χ1) is 9.50. The zero-order valence-electron chi connectivity index (χ0n) is 11.2. The summed E-state index contributed by atoms with van der Waals surface area (Å²) < 4.78 is 0. The van der Waals surface area contributed by atoms with Gasteiger partial charge in [0.1, 0.15) is 0 Å². The van der Waals surface area contributed by atoms with Crippen LogP contribution < -0.4 is 0 Å². The number of carboxylic acids is 1. The average Bonchev–Trinajstić information content (AvgIpc) is 3.04. The van der Waals surface area contributed by atoms with Crippen molar-refractivity contribution in [3.63, 3.8) is 0 Å².